The Morgan fingerprint density at radius 3 is 2.67 bits per heavy atom. The van der Waals surface area contributed by atoms with Crippen molar-refractivity contribution >= 4 is 21.6 Å². The van der Waals surface area contributed by atoms with E-state index < -0.39 is 28.2 Å². The Kier molecular flexibility index (Phi) is 9.33. The molecule has 1 rings (SSSR count). The summed E-state index contributed by atoms with van der Waals surface area (Å²) < 4.78 is 35.0. The largest absolute Gasteiger partial charge is 0.481 e. The van der Waals surface area contributed by atoms with E-state index in [0.717, 1.165) is 32.1 Å². The molecule has 140 valence electrons. The van der Waals surface area contributed by atoms with Crippen LogP contribution in [-0.2, 0) is 27.5 Å². The lowest BCUT2D eigenvalue weighted by atomic mass is 10.0. The molecular weight excluding hydrogens is 364 g/mol. The van der Waals surface area contributed by atoms with Gasteiger partial charge in [0.05, 0.1) is 12.7 Å². The molecule has 0 heterocycles. The highest BCUT2D eigenvalue weighted by molar-refractivity contribution is 7.60. The average Bonchev–Trinajstić information content (AvgIpc) is 2.40. The van der Waals surface area contributed by atoms with Crippen molar-refractivity contribution < 1.29 is 42.2 Å². The van der Waals surface area contributed by atoms with Crippen LogP contribution < -0.4 is 5.32 Å². The summed E-state index contributed by atoms with van der Waals surface area (Å²) in [5.41, 5.74) is 0. The second-order valence-electron chi connectivity index (χ2n) is 5.14. The molecule has 0 aromatic rings. The topological polar surface area (TPSA) is 152 Å². The number of hydrogen-bond acceptors (Lipinski definition) is 6. The van der Waals surface area contributed by atoms with Crippen LogP contribution in [0.5, 0.6) is 0 Å². The maximum atomic E-state index is 11.6. The summed E-state index contributed by atoms with van der Waals surface area (Å²) >= 11 is 0. The molecule has 1 aliphatic carbocycles. The molecule has 0 saturated carbocycles. The number of allylic oxidation sites excluding steroid dienone is 1. The summed E-state index contributed by atoms with van der Waals surface area (Å²) in [5, 5.41) is 2.39. The van der Waals surface area contributed by atoms with Crippen molar-refractivity contribution in [1.29, 1.82) is 0 Å². The first-order valence-electron chi connectivity index (χ1n) is 7.47. The van der Waals surface area contributed by atoms with Crippen LogP contribution in [0.3, 0.4) is 0 Å². The van der Waals surface area contributed by atoms with Crippen LogP contribution >= 0.6 is 15.6 Å². The second-order valence-corrected chi connectivity index (χ2v) is 7.97. The van der Waals surface area contributed by atoms with Gasteiger partial charge in [0.25, 0.3) is 0 Å². The minimum Gasteiger partial charge on any atom is -0.364 e. The van der Waals surface area contributed by atoms with Gasteiger partial charge in [-0.25, -0.2) is 9.13 Å². The fourth-order valence-electron chi connectivity index (χ4n) is 2.01. The Morgan fingerprint density at radius 2 is 1.96 bits per heavy atom. The first-order valence-corrected chi connectivity index (χ1v) is 10.5. The molecule has 0 radical (unpaired) electrons. The van der Waals surface area contributed by atoms with Gasteiger partial charge in [-0.2, -0.15) is 4.31 Å². The van der Waals surface area contributed by atoms with Crippen molar-refractivity contribution in [1.82, 2.24) is 5.32 Å². The molecule has 1 amide bonds. The molecule has 0 aliphatic heterocycles. The zero-order chi connectivity index (χ0) is 18.1. The first kappa shape index (κ1) is 21.5. The van der Waals surface area contributed by atoms with Gasteiger partial charge in [-0.1, -0.05) is 25.0 Å². The molecule has 4 N–H and O–H groups in total. The van der Waals surface area contributed by atoms with Gasteiger partial charge in [0.1, 0.15) is 6.61 Å². The van der Waals surface area contributed by atoms with E-state index in [2.05, 4.69) is 14.2 Å². The van der Waals surface area contributed by atoms with E-state index in [1.165, 1.54) is 0 Å². The van der Waals surface area contributed by atoms with E-state index in [4.69, 9.17) is 19.4 Å². The summed E-state index contributed by atoms with van der Waals surface area (Å²) in [7, 11) is -10.0. The standard InChI is InChI=1S/C12H23NO9P2/c14-12(10-20-11-6-4-2-1-3-5-7-11)13-8-9-21-24(18,19)22-23(15,16)17/h4,6,11H,1-3,5,7-10H2,(H,13,14)(H,18,19)(H2,15,16,17)/b6-4-. The number of carbonyl (C=O) groups excluding carboxylic acids is 1. The first-order chi connectivity index (χ1) is 11.2. The number of ether oxygens (including phenoxy) is 1. The van der Waals surface area contributed by atoms with Crippen LogP contribution in [0.2, 0.25) is 0 Å². The number of nitrogens with one attached hydrogen (secondary N) is 1. The fraction of sp³-hybridized carbons (Fsp3) is 0.750. The molecule has 2 atom stereocenters. The van der Waals surface area contributed by atoms with Gasteiger partial charge >= 0.3 is 15.6 Å². The van der Waals surface area contributed by atoms with Crippen LogP contribution in [0, 0.1) is 0 Å². The predicted octanol–water partition coefficient (Wildman–Crippen LogP) is 1.23. The maximum Gasteiger partial charge on any atom is 0.481 e. The SMILES string of the molecule is O=C(COC1/C=C\CCCCC1)NCCOP(=O)(O)OP(=O)(O)O. The highest BCUT2D eigenvalue weighted by Crippen LogP contribution is 2.57. The van der Waals surface area contributed by atoms with Crippen LogP contribution in [0.1, 0.15) is 32.1 Å². The Bertz CT molecular complexity index is 519. The van der Waals surface area contributed by atoms with Crippen LogP contribution in [0.25, 0.3) is 0 Å². The lowest BCUT2D eigenvalue weighted by Crippen LogP contribution is -2.32. The lowest BCUT2D eigenvalue weighted by molar-refractivity contribution is -0.127. The van der Waals surface area contributed by atoms with Crippen molar-refractivity contribution in [3.05, 3.63) is 12.2 Å². The molecule has 10 nitrogen and oxygen atoms in total. The Hall–Kier alpha value is -0.570. The third kappa shape index (κ3) is 11.1. The molecule has 0 fully saturated rings. The summed E-state index contributed by atoms with van der Waals surface area (Å²) in [6.45, 7) is -0.759. The van der Waals surface area contributed by atoms with Gasteiger partial charge in [-0.3, -0.25) is 9.32 Å². The average molecular weight is 387 g/mol. The molecule has 2 unspecified atom stereocenters. The van der Waals surface area contributed by atoms with Gasteiger partial charge in [-0.05, 0) is 19.3 Å². The summed E-state index contributed by atoms with van der Waals surface area (Å²) in [6.07, 6.45) is 9.04. The van der Waals surface area contributed by atoms with Gasteiger partial charge in [0.2, 0.25) is 5.91 Å². The van der Waals surface area contributed by atoms with Gasteiger partial charge < -0.3 is 24.7 Å². The number of hydrogen-bond donors (Lipinski definition) is 4. The monoisotopic (exact) mass is 387 g/mol. The fourth-order valence-corrected chi connectivity index (χ4v) is 3.60. The third-order valence-corrected chi connectivity index (χ3v) is 5.21. The van der Waals surface area contributed by atoms with Gasteiger partial charge in [-0.15, -0.1) is 0 Å². The highest BCUT2D eigenvalue weighted by atomic mass is 31.3. The molecule has 1 aliphatic rings. The molecule has 0 aromatic carbocycles. The highest BCUT2D eigenvalue weighted by Gasteiger charge is 2.32. The molecule has 12 heteroatoms. The number of phosphoric acid groups is 2. The van der Waals surface area contributed by atoms with Crippen molar-refractivity contribution in [3.8, 4) is 0 Å². The van der Waals surface area contributed by atoms with E-state index in [0.29, 0.717) is 0 Å². The summed E-state index contributed by atoms with van der Waals surface area (Å²) in [4.78, 5) is 37.4. The lowest BCUT2D eigenvalue weighted by Gasteiger charge is -2.16. The predicted molar refractivity (Wildman–Crippen MR) is 83.9 cm³/mol. The number of rotatable bonds is 9. The summed E-state index contributed by atoms with van der Waals surface area (Å²) in [5.74, 6) is -0.433. The minimum atomic E-state index is -5.14. The van der Waals surface area contributed by atoms with Crippen molar-refractivity contribution in [3.63, 3.8) is 0 Å². The van der Waals surface area contributed by atoms with Gasteiger partial charge in [0.15, 0.2) is 0 Å². The van der Waals surface area contributed by atoms with E-state index in [1.807, 2.05) is 12.2 Å². The third-order valence-electron chi connectivity index (χ3n) is 3.03. The number of amides is 1. The van der Waals surface area contributed by atoms with E-state index >= 15 is 0 Å². The number of carbonyl (C=O) groups is 1. The van der Waals surface area contributed by atoms with E-state index in [1.54, 1.807) is 0 Å². The Morgan fingerprint density at radius 1 is 1.21 bits per heavy atom. The minimum absolute atomic E-state index is 0.110. The maximum absolute atomic E-state index is 11.6. The van der Waals surface area contributed by atoms with E-state index in [-0.39, 0.29) is 19.3 Å². The number of phosphoric ester groups is 1. The zero-order valence-corrected chi connectivity index (χ0v) is 14.9. The second kappa shape index (κ2) is 10.4. The normalized spacial score (nSPS) is 22.9. The molecule has 0 bridgehead atoms. The van der Waals surface area contributed by atoms with Crippen LogP contribution in [-0.4, -0.2) is 46.4 Å². The van der Waals surface area contributed by atoms with Crippen LogP contribution in [0.15, 0.2) is 12.2 Å². The van der Waals surface area contributed by atoms with E-state index in [9.17, 15) is 13.9 Å². The smallest absolute Gasteiger partial charge is 0.364 e. The van der Waals surface area contributed by atoms with Crippen molar-refractivity contribution in [2.45, 2.75) is 38.2 Å². The van der Waals surface area contributed by atoms with Gasteiger partial charge in [0, 0.05) is 6.54 Å². The van der Waals surface area contributed by atoms with Crippen molar-refractivity contribution in [2.24, 2.45) is 0 Å². The Labute approximate surface area is 140 Å². The molecule has 0 spiro atoms. The van der Waals surface area contributed by atoms with Crippen LogP contribution in [0.4, 0.5) is 0 Å². The van der Waals surface area contributed by atoms with Crippen molar-refractivity contribution in [2.75, 3.05) is 19.8 Å². The molecular formula is C12H23NO9P2. The zero-order valence-electron chi connectivity index (χ0n) is 13.1. The quantitative estimate of drug-likeness (QED) is 0.260. The molecule has 24 heavy (non-hydrogen) atoms. The summed E-state index contributed by atoms with van der Waals surface area (Å²) in [6, 6.07) is 0. The molecule has 0 saturated heterocycles. The Balaban J connectivity index is 2.18. The molecule has 0 aromatic heterocycles.